The van der Waals surface area contributed by atoms with E-state index in [1.807, 2.05) is 49.1 Å². The molecule has 0 spiro atoms. The molecule has 1 unspecified atom stereocenters. The summed E-state index contributed by atoms with van der Waals surface area (Å²) < 4.78 is 30.4. The number of anilines is 3. The van der Waals surface area contributed by atoms with E-state index in [-0.39, 0.29) is 16.7 Å². The number of hydrogen-bond donors (Lipinski definition) is 2. The first-order chi connectivity index (χ1) is 17.2. The molecule has 2 aromatic heterocycles. The van der Waals surface area contributed by atoms with Gasteiger partial charge in [-0.3, -0.25) is 9.52 Å². The number of carbonyl (C=O) groups is 1. The third-order valence-electron chi connectivity index (χ3n) is 6.03. The molecule has 1 aliphatic rings. The summed E-state index contributed by atoms with van der Waals surface area (Å²) in [6.07, 6.45) is 1.54. The lowest BCUT2D eigenvalue weighted by atomic mass is 9.98. The number of hydrogen-bond acceptors (Lipinski definition) is 6. The lowest BCUT2D eigenvalue weighted by Gasteiger charge is -2.36. The molecule has 0 radical (unpaired) electrons. The molecule has 4 aromatic rings. The van der Waals surface area contributed by atoms with Crippen molar-refractivity contribution in [1.82, 2.24) is 9.78 Å². The van der Waals surface area contributed by atoms with Crippen LogP contribution >= 0.6 is 23.6 Å². The van der Waals surface area contributed by atoms with E-state index in [0.29, 0.717) is 16.5 Å². The maximum atomic E-state index is 13.1. The highest BCUT2D eigenvalue weighted by Gasteiger charge is 2.34. The number of Topliss-reactive ketones (excluding diaryl/α,β-unsaturated/α-hetero) is 1. The average molecular weight is 538 g/mol. The van der Waals surface area contributed by atoms with Gasteiger partial charge in [-0.2, -0.15) is 5.10 Å². The number of aryl methyl sites for hydroxylation is 1. The van der Waals surface area contributed by atoms with Crippen LogP contribution in [0.2, 0.25) is 0 Å². The van der Waals surface area contributed by atoms with Crippen molar-refractivity contribution in [2.75, 3.05) is 14.9 Å². The van der Waals surface area contributed by atoms with Gasteiger partial charge in [0, 0.05) is 27.8 Å². The standard InChI is InChI=1S/C25H23N5O3S3/c1-15-22-23(16(2)31)17(3)35-24(22)27-25(34)29(15)18-9-11-20(12-10-18)36(32,33)28-21-13-14-26-30(21)19-7-5-4-6-8-19/h4-15,28H,1-3H3,(H,27,34). The number of nitrogens with zero attached hydrogens (tertiary/aromatic N) is 3. The molecule has 1 aliphatic heterocycles. The Kier molecular flexibility index (Phi) is 6.15. The second-order valence-electron chi connectivity index (χ2n) is 8.37. The molecule has 0 aliphatic carbocycles. The Morgan fingerprint density at radius 1 is 1.08 bits per heavy atom. The topological polar surface area (TPSA) is 96.3 Å². The summed E-state index contributed by atoms with van der Waals surface area (Å²) in [5.74, 6) is 0.339. The molecule has 2 aromatic carbocycles. The van der Waals surface area contributed by atoms with Gasteiger partial charge in [0.05, 0.1) is 22.8 Å². The zero-order chi connectivity index (χ0) is 25.6. The summed E-state index contributed by atoms with van der Waals surface area (Å²) in [4.78, 5) is 15.3. The normalized spacial score (nSPS) is 15.4. The van der Waals surface area contributed by atoms with Crippen LogP contribution in [0.5, 0.6) is 0 Å². The largest absolute Gasteiger partial charge is 0.324 e. The van der Waals surface area contributed by atoms with Crippen LogP contribution < -0.4 is 14.9 Å². The fourth-order valence-electron chi connectivity index (χ4n) is 4.43. The monoisotopic (exact) mass is 537 g/mol. The molecule has 2 N–H and O–H groups in total. The van der Waals surface area contributed by atoms with Gasteiger partial charge in [0.15, 0.2) is 10.9 Å². The van der Waals surface area contributed by atoms with Crippen LogP contribution in [0, 0.1) is 6.92 Å². The molecule has 3 heterocycles. The van der Waals surface area contributed by atoms with E-state index >= 15 is 0 Å². The molecule has 1 atom stereocenters. The van der Waals surface area contributed by atoms with Crippen LogP contribution in [0.1, 0.15) is 40.7 Å². The zero-order valence-corrected chi connectivity index (χ0v) is 22.2. The van der Waals surface area contributed by atoms with E-state index in [9.17, 15) is 13.2 Å². The number of thiocarbonyl (C=S) groups is 1. The van der Waals surface area contributed by atoms with Crippen LogP contribution in [-0.4, -0.2) is 29.1 Å². The number of para-hydroxylation sites is 1. The Morgan fingerprint density at radius 3 is 2.44 bits per heavy atom. The van der Waals surface area contributed by atoms with Gasteiger partial charge in [-0.05, 0) is 69.4 Å². The van der Waals surface area contributed by atoms with Crippen molar-refractivity contribution in [1.29, 1.82) is 0 Å². The number of benzene rings is 2. The van der Waals surface area contributed by atoms with E-state index in [1.165, 1.54) is 34.3 Å². The van der Waals surface area contributed by atoms with Crippen LogP contribution in [0.25, 0.3) is 5.69 Å². The van der Waals surface area contributed by atoms with Crippen LogP contribution in [0.3, 0.4) is 0 Å². The Labute approximate surface area is 218 Å². The Morgan fingerprint density at radius 2 is 1.78 bits per heavy atom. The quantitative estimate of drug-likeness (QED) is 0.247. The second-order valence-corrected chi connectivity index (χ2v) is 11.7. The summed E-state index contributed by atoms with van der Waals surface area (Å²) in [7, 11) is -3.87. The molecule has 11 heteroatoms. The molecular weight excluding hydrogens is 515 g/mol. The van der Waals surface area contributed by atoms with Crippen LogP contribution in [0.15, 0.2) is 71.8 Å². The van der Waals surface area contributed by atoms with E-state index in [2.05, 4.69) is 15.1 Å². The SMILES string of the molecule is CC(=O)c1c(C)sc2c1C(C)N(c1ccc(S(=O)(=O)Nc3ccnn3-c3ccccc3)cc1)C(=S)N2. The number of ketones is 1. The van der Waals surface area contributed by atoms with Crippen molar-refractivity contribution in [3.05, 3.63) is 82.9 Å². The van der Waals surface area contributed by atoms with Gasteiger partial charge >= 0.3 is 0 Å². The van der Waals surface area contributed by atoms with Gasteiger partial charge in [0.1, 0.15) is 10.8 Å². The Balaban J connectivity index is 1.42. The van der Waals surface area contributed by atoms with Crippen molar-refractivity contribution < 1.29 is 13.2 Å². The van der Waals surface area contributed by atoms with E-state index in [4.69, 9.17) is 12.2 Å². The summed E-state index contributed by atoms with van der Waals surface area (Å²) in [5, 5.41) is 8.84. The first-order valence-electron chi connectivity index (χ1n) is 11.1. The minimum atomic E-state index is -3.87. The van der Waals surface area contributed by atoms with Crippen molar-refractivity contribution in [2.24, 2.45) is 0 Å². The smallest absolute Gasteiger partial charge is 0.263 e. The predicted molar refractivity (Wildman–Crippen MR) is 147 cm³/mol. The average Bonchev–Trinajstić information content (AvgIpc) is 3.43. The van der Waals surface area contributed by atoms with Gasteiger partial charge < -0.3 is 10.2 Å². The molecule has 0 bridgehead atoms. The lowest BCUT2D eigenvalue weighted by Crippen LogP contribution is -2.41. The molecule has 0 fully saturated rings. The van der Waals surface area contributed by atoms with Gasteiger partial charge in [0.25, 0.3) is 10.0 Å². The number of sulfonamides is 1. The highest BCUT2D eigenvalue weighted by atomic mass is 32.2. The molecule has 5 rings (SSSR count). The number of aromatic nitrogens is 2. The second kappa shape index (κ2) is 9.16. The minimum absolute atomic E-state index is 0.00803. The van der Waals surface area contributed by atoms with Gasteiger partial charge in [-0.1, -0.05) is 18.2 Å². The van der Waals surface area contributed by atoms with Gasteiger partial charge in [0.2, 0.25) is 0 Å². The highest BCUT2D eigenvalue weighted by molar-refractivity contribution is 7.92. The Hall–Kier alpha value is -3.54. The minimum Gasteiger partial charge on any atom is -0.324 e. The van der Waals surface area contributed by atoms with Crippen molar-refractivity contribution in [3.8, 4) is 5.69 Å². The summed E-state index contributed by atoms with van der Waals surface area (Å²) in [6, 6.07) is 17.2. The van der Waals surface area contributed by atoms with E-state index < -0.39 is 10.0 Å². The van der Waals surface area contributed by atoms with Crippen molar-refractivity contribution in [2.45, 2.75) is 31.7 Å². The molecular formula is C25H23N5O3S3. The molecule has 184 valence electrons. The molecule has 8 nitrogen and oxygen atoms in total. The fraction of sp³-hybridized carbons (Fsp3) is 0.160. The zero-order valence-electron chi connectivity index (χ0n) is 19.7. The number of nitrogens with one attached hydrogen (secondary N) is 2. The summed E-state index contributed by atoms with van der Waals surface area (Å²) in [6.45, 7) is 5.48. The maximum Gasteiger partial charge on any atom is 0.263 e. The molecule has 0 saturated carbocycles. The molecule has 0 saturated heterocycles. The van der Waals surface area contributed by atoms with Gasteiger partial charge in [-0.25, -0.2) is 13.1 Å². The fourth-order valence-corrected chi connectivity index (χ4v) is 7.10. The van der Waals surface area contributed by atoms with E-state index in [1.54, 1.807) is 25.1 Å². The van der Waals surface area contributed by atoms with Crippen LogP contribution in [-0.2, 0) is 10.0 Å². The maximum absolute atomic E-state index is 13.1. The van der Waals surface area contributed by atoms with Crippen LogP contribution in [0.4, 0.5) is 16.5 Å². The summed E-state index contributed by atoms with van der Waals surface area (Å²) >= 11 is 7.14. The highest BCUT2D eigenvalue weighted by Crippen LogP contribution is 2.44. The number of rotatable bonds is 6. The third kappa shape index (κ3) is 4.19. The first-order valence-corrected chi connectivity index (χ1v) is 13.8. The Bertz CT molecular complexity index is 1570. The number of fused-ring (bicyclic) bond motifs is 1. The van der Waals surface area contributed by atoms with Crippen molar-refractivity contribution >= 4 is 61.0 Å². The molecule has 0 amide bonds. The van der Waals surface area contributed by atoms with E-state index in [0.717, 1.165) is 26.8 Å². The first kappa shape index (κ1) is 24.2. The van der Waals surface area contributed by atoms with Crippen molar-refractivity contribution in [3.63, 3.8) is 0 Å². The van der Waals surface area contributed by atoms with Gasteiger partial charge in [-0.15, -0.1) is 11.3 Å². The summed E-state index contributed by atoms with van der Waals surface area (Å²) in [5.41, 5.74) is 3.08. The number of carbonyl (C=O) groups excluding carboxylic acids is 1. The lowest BCUT2D eigenvalue weighted by molar-refractivity contribution is 0.101. The predicted octanol–water partition coefficient (Wildman–Crippen LogP) is 5.52. The number of thiophene rings is 1. The molecule has 36 heavy (non-hydrogen) atoms. The third-order valence-corrected chi connectivity index (χ3v) is 8.73.